The number of hydrogen-bond donors (Lipinski definition) is 2. The molecule has 3 nitrogen and oxygen atoms in total. The van der Waals surface area contributed by atoms with Crippen molar-refractivity contribution in [3.05, 3.63) is 53.9 Å². The molecule has 14 heavy (non-hydrogen) atoms. The number of nitrogens with zero attached hydrogens (tertiary/aromatic N) is 1. The maximum atomic E-state index is 12.6. The lowest BCUT2D eigenvalue weighted by atomic mass is 10.1. The van der Waals surface area contributed by atoms with Crippen LogP contribution < -0.4 is 5.73 Å². The second-order valence-electron chi connectivity index (χ2n) is 3.00. The second-order valence-corrected chi connectivity index (χ2v) is 3.00. The molecule has 0 saturated carbocycles. The molecular weight excluding hydrogens is 181 g/mol. The number of halogens is 1. The van der Waals surface area contributed by atoms with Crippen molar-refractivity contribution in [1.82, 2.24) is 9.97 Å². The predicted octanol–water partition coefficient (Wildman–Crippen LogP) is 1.60. The zero-order valence-electron chi connectivity index (χ0n) is 7.44. The Labute approximate surface area is 80.8 Å². The van der Waals surface area contributed by atoms with E-state index in [0.29, 0.717) is 5.69 Å². The summed E-state index contributed by atoms with van der Waals surface area (Å²) in [4.78, 5) is 6.91. The third kappa shape index (κ3) is 1.65. The van der Waals surface area contributed by atoms with E-state index in [4.69, 9.17) is 5.73 Å². The van der Waals surface area contributed by atoms with Crippen LogP contribution in [0, 0.1) is 5.82 Å². The van der Waals surface area contributed by atoms with Crippen molar-refractivity contribution in [1.29, 1.82) is 0 Å². The summed E-state index contributed by atoms with van der Waals surface area (Å²) in [5.74, 6) is -0.354. The molecule has 2 aromatic rings. The highest BCUT2D eigenvalue weighted by molar-refractivity contribution is 5.21. The topological polar surface area (TPSA) is 54.7 Å². The fourth-order valence-corrected chi connectivity index (χ4v) is 1.27. The minimum absolute atomic E-state index is 0.328. The van der Waals surface area contributed by atoms with Crippen LogP contribution in [-0.4, -0.2) is 9.97 Å². The van der Waals surface area contributed by atoms with E-state index >= 15 is 0 Å². The highest BCUT2D eigenvalue weighted by Gasteiger charge is 2.10. The average Bonchev–Trinajstić information content (AvgIpc) is 2.71. The van der Waals surface area contributed by atoms with Crippen molar-refractivity contribution in [3.63, 3.8) is 0 Å². The van der Waals surface area contributed by atoms with E-state index in [1.807, 2.05) is 12.1 Å². The van der Waals surface area contributed by atoms with Crippen molar-refractivity contribution in [2.75, 3.05) is 0 Å². The van der Waals surface area contributed by atoms with Gasteiger partial charge in [0.1, 0.15) is 5.82 Å². The molecule has 0 amide bonds. The Bertz CT molecular complexity index is 394. The van der Waals surface area contributed by atoms with Gasteiger partial charge in [-0.1, -0.05) is 0 Å². The molecule has 4 heteroatoms. The number of hydrogen-bond acceptors (Lipinski definition) is 2. The van der Waals surface area contributed by atoms with Gasteiger partial charge in [0.15, 0.2) is 0 Å². The van der Waals surface area contributed by atoms with Crippen LogP contribution in [0.4, 0.5) is 4.39 Å². The van der Waals surface area contributed by atoms with Gasteiger partial charge in [0.2, 0.25) is 0 Å². The van der Waals surface area contributed by atoms with Crippen molar-refractivity contribution in [2.45, 2.75) is 6.04 Å². The van der Waals surface area contributed by atoms with Crippen molar-refractivity contribution >= 4 is 0 Å². The standard InChI is InChI=1S/C10H10FN3/c11-7-3-4-9(14-6-7)10(12)8-2-1-5-13-8/h1-6,10,13H,12H2. The maximum Gasteiger partial charge on any atom is 0.141 e. The third-order valence-corrected chi connectivity index (χ3v) is 2.03. The number of aromatic amines is 1. The van der Waals surface area contributed by atoms with Crippen molar-refractivity contribution in [3.8, 4) is 0 Å². The lowest BCUT2D eigenvalue weighted by molar-refractivity contribution is 0.617. The Morgan fingerprint density at radius 1 is 1.36 bits per heavy atom. The molecule has 0 fully saturated rings. The van der Waals surface area contributed by atoms with Crippen LogP contribution in [0.3, 0.4) is 0 Å². The summed E-state index contributed by atoms with van der Waals surface area (Å²) in [7, 11) is 0. The number of aromatic nitrogens is 2. The average molecular weight is 191 g/mol. The van der Waals surface area contributed by atoms with Crippen molar-refractivity contribution < 1.29 is 4.39 Å². The Hall–Kier alpha value is -1.68. The van der Waals surface area contributed by atoms with Gasteiger partial charge >= 0.3 is 0 Å². The number of rotatable bonds is 2. The van der Waals surface area contributed by atoms with Crippen molar-refractivity contribution in [2.24, 2.45) is 5.73 Å². The first kappa shape index (κ1) is 8.90. The fraction of sp³-hybridized carbons (Fsp3) is 0.100. The number of nitrogens with one attached hydrogen (secondary N) is 1. The van der Waals surface area contributed by atoms with Gasteiger partial charge in [-0.2, -0.15) is 0 Å². The lowest BCUT2D eigenvalue weighted by Crippen LogP contribution is -2.13. The largest absolute Gasteiger partial charge is 0.363 e. The molecule has 0 aromatic carbocycles. The zero-order valence-corrected chi connectivity index (χ0v) is 7.44. The first-order valence-electron chi connectivity index (χ1n) is 4.27. The number of pyridine rings is 1. The normalized spacial score (nSPS) is 12.7. The smallest absolute Gasteiger partial charge is 0.141 e. The molecule has 0 aliphatic carbocycles. The first-order chi connectivity index (χ1) is 6.77. The third-order valence-electron chi connectivity index (χ3n) is 2.03. The van der Waals surface area contributed by atoms with E-state index in [0.717, 1.165) is 11.9 Å². The van der Waals surface area contributed by atoms with Crippen LogP contribution in [0.25, 0.3) is 0 Å². The van der Waals surface area contributed by atoms with Gasteiger partial charge in [0.25, 0.3) is 0 Å². The van der Waals surface area contributed by atoms with Crippen LogP contribution in [0.1, 0.15) is 17.4 Å². The van der Waals surface area contributed by atoms with Crippen LogP contribution in [-0.2, 0) is 0 Å². The minimum Gasteiger partial charge on any atom is -0.363 e. The molecule has 0 aliphatic heterocycles. The molecule has 0 radical (unpaired) electrons. The van der Waals surface area contributed by atoms with Gasteiger partial charge in [-0.3, -0.25) is 4.98 Å². The summed E-state index contributed by atoms with van der Waals surface area (Å²) in [6, 6.07) is 6.34. The number of H-pyrrole nitrogens is 1. The molecule has 2 rings (SSSR count). The van der Waals surface area contributed by atoms with Gasteiger partial charge in [0.05, 0.1) is 17.9 Å². The zero-order chi connectivity index (χ0) is 9.97. The van der Waals surface area contributed by atoms with E-state index in [2.05, 4.69) is 9.97 Å². The second kappa shape index (κ2) is 3.59. The molecular formula is C10H10FN3. The van der Waals surface area contributed by atoms with Crippen LogP contribution in [0.15, 0.2) is 36.7 Å². The summed E-state index contributed by atoms with van der Waals surface area (Å²) in [6.45, 7) is 0. The van der Waals surface area contributed by atoms with E-state index in [1.165, 1.54) is 6.07 Å². The molecule has 3 N–H and O–H groups in total. The predicted molar refractivity (Wildman–Crippen MR) is 51.0 cm³/mol. The Morgan fingerprint density at radius 2 is 2.21 bits per heavy atom. The monoisotopic (exact) mass is 191 g/mol. The Morgan fingerprint density at radius 3 is 2.79 bits per heavy atom. The molecule has 1 atom stereocenters. The first-order valence-corrected chi connectivity index (χ1v) is 4.27. The highest BCUT2D eigenvalue weighted by Crippen LogP contribution is 2.15. The molecule has 0 bridgehead atoms. The lowest BCUT2D eigenvalue weighted by Gasteiger charge is -2.08. The minimum atomic E-state index is -0.354. The van der Waals surface area contributed by atoms with E-state index in [1.54, 1.807) is 12.3 Å². The Balaban J connectivity index is 2.28. The van der Waals surface area contributed by atoms with Crippen LogP contribution >= 0.6 is 0 Å². The van der Waals surface area contributed by atoms with Gasteiger partial charge in [-0.15, -0.1) is 0 Å². The summed E-state index contributed by atoms with van der Waals surface area (Å²) in [6.07, 6.45) is 2.96. The highest BCUT2D eigenvalue weighted by atomic mass is 19.1. The van der Waals surface area contributed by atoms with E-state index in [9.17, 15) is 4.39 Å². The van der Waals surface area contributed by atoms with Crippen LogP contribution in [0.5, 0.6) is 0 Å². The maximum absolute atomic E-state index is 12.6. The van der Waals surface area contributed by atoms with Gasteiger partial charge < -0.3 is 10.7 Å². The summed E-state index contributed by atoms with van der Waals surface area (Å²) in [5.41, 5.74) is 7.41. The molecule has 0 aliphatic rings. The summed E-state index contributed by atoms with van der Waals surface area (Å²) in [5, 5.41) is 0. The molecule has 2 heterocycles. The van der Waals surface area contributed by atoms with E-state index in [-0.39, 0.29) is 11.9 Å². The fourth-order valence-electron chi connectivity index (χ4n) is 1.27. The van der Waals surface area contributed by atoms with Gasteiger partial charge in [0, 0.05) is 11.9 Å². The molecule has 72 valence electrons. The summed E-state index contributed by atoms with van der Waals surface area (Å²) >= 11 is 0. The van der Waals surface area contributed by atoms with Gasteiger partial charge in [-0.25, -0.2) is 4.39 Å². The molecule has 1 unspecified atom stereocenters. The summed E-state index contributed by atoms with van der Waals surface area (Å²) < 4.78 is 12.6. The molecule has 0 saturated heterocycles. The molecule has 2 aromatic heterocycles. The molecule has 0 spiro atoms. The van der Waals surface area contributed by atoms with Gasteiger partial charge in [-0.05, 0) is 24.3 Å². The number of nitrogens with two attached hydrogens (primary N) is 1. The quantitative estimate of drug-likeness (QED) is 0.757. The van der Waals surface area contributed by atoms with Crippen LogP contribution in [0.2, 0.25) is 0 Å². The van der Waals surface area contributed by atoms with E-state index < -0.39 is 0 Å². The Kier molecular flexibility index (Phi) is 2.28. The SMILES string of the molecule is NC(c1ccc(F)cn1)c1ccc[nH]1.